The molecule has 0 fully saturated rings. The summed E-state index contributed by atoms with van der Waals surface area (Å²) in [6, 6.07) is 0. The number of phosphoric acid groups is 1. The van der Waals surface area contributed by atoms with Gasteiger partial charge in [0, 0.05) is 12.8 Å². The molecule has 0 aromatic rings. The summed E-state index contributed by atoms with van der Waals surface area (Å²) in [6.07, 6.45) is 97.2. The largest absolute Gasteiger partial charge is 0.756 e. The number of ether oxygens (including phenoxy) is 2. The fourth-order valence-electron chi connectivity index (χ4n) is 12.6. The van der Waals surface area contributed by atoms with E-state index >= 15 is 0 Å². The summed E-state index contributed by atoms with van der Waals surface area (Å²) in [7, 11) is 1.19. The third kappa shape index (κ3) is 79.1. The van der Waals surface area contributed by atoms with Gasteiger partial charge >= 0.3 is 11.9 Å². The van der Waals surface area contributed by atoms with Crippen molar-refractivity contribution >= 4 is 19.8 Å². The van der Waals surface area contributed by atoms with Gasteiger partial charge in [-0.25, -0.2) is 0 Å². The lowest BCUT2D eigenvalue weighted by molar-refractivity contribution is -0.870. The molecule has 0 amide bonds. The first kappa shape index (κ1) is 91.2. The standard InChI is InChI=1S/C83H160NO8P/c1-6-8-10-12-14-16-18-20-22-24-26-28-30-32-34-36-37-38-39-40-41-42-43-44-45-46-48-49-51-53-55-57-59-61-63-65-67-69-71-73-75-82(85)89-79-81(80-91-93(87,88)90-78-77-84(3,4)5)92-83(86)76-74-72-70-68-66-64-62-60-58-56-54-52-50-47-35-33-31-29-27-25-23-21-19-17-15-13-11-9-7-2/h19,21,25,27,31,33,81H,6-18,20,22-24,26,28-30,32,34-80H2,1-5H3/b21-19-,27-25-,33-31-. The minimum atomic E-state index is -4.64. The summed E-state index contributed by atoms with van der Waals surface area (Å²) >= 11 is 0. The molecule has 0 aromatic carbocycles. The van der Waals surface area contributed by atoms with Crippen molar-refractivity contribution in [3.8, 4) is 0 Å². The third-order valence-corrected chi connectivity index (χ3v) is 19.9. The van der Waals surface area contributed by atoms with Crippen LogP contribution in [0.5, 0.6) is 0 Å². The van der Waals surface area contributed by atoms with Gasteiger partial charge in [0.1, 0.15) is 19.8 Å². The molecule has 93 heavy (non-hydrogen) atoms. The van der Waals surface area contributed by atoms with Crippen molar-refractivity contribution in [1.82, 2.24) is 0 Å². The van der Waals surface area contributed by atoms with E-state index in [0.29, 0.717) is 17.4 Å². The Hall–Kier alpha value is -1.77. The molecule has 0 bridgehead atoms. The Morgan fingerprint density at radius 1 is 0.333 bits per heavy atom. The van der Waals surface area contributed by atoms with Crippen LogP contribution in [-0.4, -0.2) is 70.0 Å². The predicted octanol–water partition coefficient (Wildman–Crippen LogP) is 26.7. The van der Waals surface area contributed by atoms with E-state index in [2.05, 4.69) is 50.3 Å². The highest BCUT2D eigenvalue weighted by molar-refractivity contribution is 7.45. The molecule has 0 spiro atoms. The molecule has 0 aliphatic carbocycles. The number of rotatable bonds is 78. The zero-order valence-electron chi connectivity index (χ0n) is 63.0. The highest BCUT2D eigenvalue weighted by atomic mass is 31.2. The van der Waals surface area contributed by atoms with Crippen LogP contribution in [0.1, 0.15) is 431 Å². The first-order valence-electron chi connectivity index (χ1n) is 41.2. The molecule has 0 aliphatic rings. The van der Waals surface area contributed by atoms with Gasteiger partial charge in [0.15, 0.2) is 6.10 Å². The van der Waals surface area contributed by atoms with Crippen LogP contribution in [0.2, 0.25) is 0 Å². The predicted molar refractivity (Wildman–Crippen MR) is 402 cm³/mol. The van der Waals surface area contributed by atoms with Crippen molar-refractivity contribution < 1.29 is 42.1 Å². The van der Waals surface area contributed by atoms with Crippen LogP contribution in [0.15, 0.2) is 36.5 Å². The number of carbonyl (C=O) groups is 2. The summed E-state index contributed by atoms with van der Waals surface area (Å²) in [4.78, 5) is 38.2. The number of phosphoric ester groups is 1. The van der Waals surface area contributed by atoms with Crippen LogP contribution in [0.3, 0.4) is 0 Å². The second-order valence-electron chi connectivity index (χ2n) is 29.5. The number of allylic oxidation sites excluding steroid dienone is 6. The quantitative estimate of drug-likeness (QED) is 0.0195. The number of nitrogens with zero attached hydrogens (tertiary/aromatic N) is 1. The molecule has 0 radical (unpaired) electrons. The molecule has 550 valence electrons. The van der Waals surface area contributed by atoms with Gasteiger partial charge in [-0.1, -0.05) is 403 Å². The van der Waals surface area contributed by atoms with E-state index in [1.807, 2.05) is 21.1 Å². The van der Waals surface area contributed by atoms with E-state index in [1.54, 1.807) is 0 Å². The average Bonchev–Trinajstić information content (AvgIpc) is 2.61. The third-order valence-electron chi connectivity index (χ3n) is 18.9. The fraction of sp³-hybridized carbons (Fsp3) is 0.904. The minimum Gasteiger partial charge on any atom is -0.756 e. The number of hydrogen-bond acceptors (Lipinski definition) is 8. The van der Waals surface area contributed by atoms with E-state index in [1.165, 1.54) is 347 Å². The van der Waals surface area contributed by atoms with E-state index in [9.17, 15) is 19.0 Å². The van der Waals surface area contributed by atoms with Crippen LogP contribution < -0.4 is 4.89 Å². The maximum absolute atomic E-state index is 12.9. The number of hydrogen-bond donors (Lipinski definition) is 0. The smallest absolute Gasteiger partial charge is 0.306 e. The summed E-state index contributed by atoms with van der Waals surface area (Å²) in [5.74, 6) is -0.811. The summed E-state index contributed by atoms with van der Waals surface area (Å²) in [5, 5.41) is 0. The van der Waals surface area contributed by atoms with E-state index in [-0.39, 0.29) is 32.0 Å². The maximum Gasteiger partial charge on any atom is 0.306 e. The lowest BCUT2D eigenvalue weighted by Gasteiger charge is -2.28. The number of esters is 2. The van der Waals surface area contributed by atoms with Crippen molar-refractivity contribution in [2.75, 3.05) is 47.5 Å². The number of quaternary nitrogens is 1. The minimum absolute atomic E-state index is 0.0284. The molecule has 9 nitrogen and oxygen atoms in total. The van der Waals surface area contributed by atoms with Crippen molar-refractivity contribution in [1.29, 1.82) is 0 Å². The maximum atomic E-state index is 12.9. The Bertz CT molecular complexity index is 1660. The van der Waals surface area contributed by atoms with Gasteiger partial charge in [-0.05, 0) is 51.4 Å². The Balaban J connectivity index is 3.87. The van der Waals surface area contributed by atoms with Gasteiger partial charge in [0.05, 0.1) is 27.7 Å². The van der Waals surface area contributed by atoms with Crippen LogP contribution in [0, 0.1) is 0 Å². The second-order valence-corrected chi connectivity index (χ2v) is 30.9. The fourth-order valence-corrected chi connectivity index (χ4v) is 13.3. The molecule has 10 heteroatoms. The first-order chi connectivity index (χ1) is 45.5. The SMILES string of the molecule is CCCCCCC/C=C\C/C=C\C/C=C\CCCCCCCCCCCCCCCCC(=O)OC(COC(=O)CCCCCCCCCCCCCCCCCCCCCCCCCCCCCCCCCCCCCCCCCC)COP(=O)([O-])OCC[N+](C)(C)C. The Morgan fingerprint density at radius 3 is 0.860 bits per heavy atom. The normalized spacial score (nSPS) is 13.1. The number of likely N-dealkylation sites (N-methyl/N-ethyl adjacent to an activating group) is 1. The zero-order chi connectivity index (χ0) is 67.6. The van der Waals surface area contributed by atoms with E-state index in [0.717, 1.165) is 51.4 Å². The molecule has 2 unspecified atom stereocenters. The van der Waals surface area contributed by atoms with Crippen molar-refractivity contribution in [2.24, 2.45) is 0 Å². The van der Waals surface area contributed by atoms with Crippen molar-refractivity contribution in [3.63, 3.8) is 0 Å². The summed E-state index contributed by atoms with van der Waals surface area (Å²) in [5.41, 5.74) is 0. The molecular weight excluding hydrogens is 1170 g/mol. The van der Waals surface area contributed by atoms with Crippen LogP contribution in [0.4, 0.5) is 0 Å². The van der Waals surface area contributed by atoms with Gasteiger partial charge in [-0.3, -0.25) is 14.2 Å². The van der Waals surface area contributed by atoms with Gasteiger partial charge in [-0.2, -0.15) is 0 Å². The Kier molecular flexibility index (Phi) is 73.0. The lowest BCUT2D eigenvalue weighted by atomic mass is 10.0. The Labute approximate surface area is 580 Å². The molecular formula is C83H160NO8P. The van der Waals surface area contributed by atoms with Crippen LogP contribution in [-0.2, 0) is 32.7 Å². The van der Waals surface area contributed by atoms with Crippen molar-refractivity contribution in [2.45, 2.75) is 437 Å². The topological polar surface area (TPSA) is 111 Å². The highest BCUT2D eigenvalue weighted by Gasteiger charge is 2.22. The summed E-state index contributed by atoms with van der Waals surface area (Å²) in [6.45, 7) is 4.31. The average molecular weight is 1330 g/mol. The van der Waals surface area contributed by atoms with Gasteiger partial charge in [0.2, 0.25) is 0 Å². The molecule has 0 saturated heterocycles. The highest BCUT2D eigenvalue weighted by Crippen LogP contribution is 2.38. The van der Waals surface area contributed by atoms with Gasteiger partial charge in [0.25, 0.3) is 7.82 Å². The lowest BCUT2D eigenvalue weighted by Crippen LogP contribution is -2.37. The first-order valence-corrected chi connectivity index (χ1v) is 42.7. The van der Waals surface area contributed by atoms with E-state index < -0.39 is 26.5 Å². The molecule has 0 aliphatic heterocycles. The molecule has 0 rings (SSSR count). The van der Waals surface area contributed by atoms with Gasteiger partial charge < -0.3 is 27.9 Å². The summed E-state index contributed by atoms with van der Waals surface area (Å²) < 4.78 is 34.4. The molecule has 0 N–H and O–H groups in total. The van der Waals surface area contributed by atoms with Crippen LogP contribution in [0.25, 0.3) is 0 Å². The molecule has 0 saturated carbocycles. The van der Waals surface area contributed by atoms with Crippen LogP contribution >= 0.6 is 7.82 Å². The zero-order valence-corrected chi connectivity index (χ0v) is 63.9. The van der Waals surface area contributed by atoms with Gasteiger partial charge in [-0.15, -0.1) is 0 Å². The molecule has 0 heterocycles. The van der Waals surface area contributed by atoms with E-state index in [4.69, 9.17) is 18.5 Å². The number of carbonyl (C=O) groups excluding carboxylic acids is 2. The monoisotopic (exact) mass is 1330 g/mol. The Morgan fingerprint density at radius 2 is 0.581 bits per heavy atom. The second kappa shape index (κ2) is 74.5. The molecule has 0 aromatic heterocycles. The molecule has 2 atom stereocenters. The van der Waals surface area contributed by atoms with Crippen molar-refractivity contribution in [3.05, 3.63) is 36.5 Å². The number of unbranched alkanes of at least 4 members (excludes halogenated alkanes) is 58.